The first-order valence-corrected chi connectivity index (χ1v) is 9.28. The van der Waals surface area contributed by atoms with Crippen LogP contribution in [0.15, 0.2) is 17.2 Å². The van der Waals surface area contributed by atoms with Gasteiger partial charge in [0.25, 0.3) is 5.56 Å². The van der Waals surface area contributed by atoms with E-state index in [1.165, 1.54) is 12.8 Å². The van der Waals surface area contributed by atoms with Gasteiger partial charge in [0.05, 0.1) is 11.7 Å². The molecule has 2 aromatic heterocycles. The summed E-state index contributed by atoms with van der Waals surface area (Å²) in [4.78, 5) is 23.5. The molecule has 0 aromatic carbocycles. The third-order valence-electron chi connectivity index (χ3n) is 5.65. The molecule has 1 aliphatic carbocycles. The Kier molecular flexibility index (Phi) is 4.27. The summed E-state index contributed by atoms with van der Waals surface area (Å²) in [6.07, 6.45) is 7.86. The molecule has 1 aliphatic heterocycles. The molecule has 1 fully saturated rings. The Labute approximate surface area is 147 Å². The molecule has 0 radical (unpaired) electrons. The van der Waals surface area contributed by atoms with Crippen molar-refractivity contribution in [3.05, 3.63) is 45.3 Å². The van der Waals surface area contributed by atoms with Crippen molar-refractivity contribution >= 4 is 5.82 Å². The van der Waals surface area contributed by atoms with E-state index in [2.05, 4.69) is 21.8 Å². The van der Waals surface area contributed by atoms with Crippen LogP contribution in [0.25, 0.3) is 0 Å². The number of rotatable bonds is 2. The Hall–Kier alpha value is -2.24. The lowest BCUT2D eigenvalue weighted by Gasteiger charge is -2.34. The van der Waals surface area contributed by atoms with Gasteiger partial charge in [-0.15, -0.1) is 0 Å². The Morgan fingerprint density at radius 3 is 2.64 bits per heavy atom. The fourth-order valence-corrected chi connectivity index (χ4v) is 4.01. The van der Waals surface area contributed by atoms with Crippen molar-refractivity contribution in [3.63, 3.8) is 0 Å². The highest BCUT2D eigenvalue weighted by molar-refractivity contribution is 5.47. The number of aryl methyl sites for hydroxylation is 3. The van der Waals surface area contributed by atoms with E-state index >= 15 is 0 Å². The lowest BCUT2D eigenvalue weighted by Crippen LogP contribution is -2.39. The van der Waals surface area contributed by atoms with E-state index in [9.17, 15) is 4.79 Å². The monoisotopic (exact) mass is 339 g/mol. The summed E-state index contributed by atoms with van der Waals surface area (Å²) in [7, 11) is 0. The van der Waals surface area contributed by atoms with Crippen LogP contribution in [0.2, 0.25) is 0 Å². The molecular formula is C19H25N5O. The molecular weight excluding hydrogens is 314 g/mol. The highest BCUT2D eigenvalue weighted by atomic mass is 16.1. The molecule has 1 saturated heterocycles. The van der Waals surface area contributed by atoms with Crippen LogP contribution in [0, 0.1) is 13.8 Å². The third-order valence-corrected chi connectivity index (χ3v) is 5.65. The van der Waals surface area contributed by atoms with Gasteiger partial charge in [-0.05, 0) is 57.9 Å². The quantitative estimate of drug-likeness (QED) is 0.840. The standard InChI is InChI=1S/C19H25N5O/c1-13-14(2)20-12-21-19(13)23-9-7-16(8-10-23)24-18(25)11-15-5-3-4-6-17(15)22-24/h11-12,16H,3-10H2,1-2H3. The second kappa shape index (κ2) is 6.58. The Balaban J connectivity index is 1.52. The minimum absolute atomic E-state index is 0.0631. The molecule has 6 nitrogen and oxygen atoms in total. The zero-order chi connectivity index (χ0) is 17.4. The lowest BCUT2D eigenvalue weighted by molar-refractivity contribution is 0.346. The molecule has 0 spiro atoms. The lowest BCUT2D eigenvalue weighted by atomic mass is 9.96. The molecule has 0 atom stereocenters. The summed E-state index contributed by atoms with van der Waals surface area (Å²) in [6, 6.07) is 2.02. The zero-order valence-electron chi connectivity index (χ0n) is 15.0. The topological polar surface area (TPSA) is 63.9 Å². The average Bonchev–Trinajstić information content (AvgIpc) is 2.64. The van der Waals surface area contributed by atoms with Crippen molar-refractivity contribution in [3.8, 4) is 0 Å². The Morgan fingerprint density at radius 1 is 1.08 bits per heavy atom. The molecule has 0 bridgehead atoms. The van der Waals surface area contributed by atoms with E-state index in [1.807, 2.05) is 13.0 Å². The third kappa shape index (κ3) is 3.05. The van der Waals surface area contributed by atoms with Crippen LogP contribution in [0.1, 0.15) is 54.2 Å². The summed E-state index contributed by atoms with van der Waals surface area (Å²) < 4.78 is 1.75. The van der Waals surface area contributed by atoms with Gasteiger partial charge in [-0.2, -0.15) is 5.10 Å². The summed E-state index contributed by atoms with van der Waals surface area (Å²) in [5.74, 6) is 1.02. The van der Waals surface area contributed by atoms with E-state index in [0.717, 1.165) is 67.1 Å². The number of aromatic nitrogens is 4. The average molecular weight is 339 g/mol. The maximum atomic E-state index is 12.5. The van der Waals surface area contributed by atoms with Gasteiger partial charge >= 0.3 is 0 Å². The first kappa shape index (κ1) is 16.2. The van der Waals surface area contributed by atoms with Crippen molar-refractivity contribution in [2.24, 2.45) is 0 Å². The number of nitrogens with zero attached hydrogens (tertiary/aromatic N) is 5. The summed E-state index contributed by atoms with van der Waals surface area (Å²) in [5.41, 5.74) is 4.53. The minimum Gasteiger partial charge on any atom is -0.356 e. The first-order chi connectivity index (χ1) is 12.1. The van der Waals surface area contributed by atoms with Gasteiger partial charge in [0, 0.05) is 30.4 Å². The maximum Gasteiger partial charge on any atom is 0.267 e. The van der Waals surface area contributed by atoms with Crippen LogP contribution >= 0.6 is 0 Å². The van der Waals surface area contributed by atoms with Crippen molar-refractivity contribution in [1.29, 1.82) is 0 Å². The molecule has 6 heteroatoms. The molecule has 2 aromatic rings. The molecule has 0 N–H and O–H groups in total. The van der Waals surface area contributed by atoms with E-state index in [4.69, 9.17) is 5.10 Å². The number of hydrogen-bond donors (Lipinski definition) is 0. The van der Waals surface area contributed by atoms with Gasteiger partial charge < -0.3 is 4.90 Å². The predicted molar refractivity (Wildman–Crippen MR) is 97.1 cm³/mol. The zero-order valence-corrected chi connectivity index (χ0v) is 15.0. The second-order valence-electron chi connectivity index (χ2n) is 7.23. The van der Waals surface area contributed by atoms with Crippen molar-refractivity contribution in [2.45, 2.75) is 58.4 Å². The van der Waals surface area contributed by atoms with Crippen LogP contribution < -0.4 is 10.5 Å². The van der Waals surface area contributed by atoms with E-state index < -0.39 is 0 Å². The molecule has 0 saturated carbocycles. The molecule has 2 aliphatic rings. The van der Waals surface area contributed by atoms with Gasteiger partial charge in [-0.25, -0.2) is 14.6 Å². The normalized spacial score (nSPS) is 18.2. The van der Waals surface area contributed by atoms with E-state index in [0.29, 0.717) is 0 Å². The summed E-state index contributed by atoms with van der Waals surface area (Å²) in [5, 5.41) is 4.73. The molecule has 4 rings (SSSR count). The fraction of sp³-hybridized carbons (Fsp3) is 0.579. The van der Waals surface area contributed by atoms with Crippen LogP contribution in [0.5, 0.6) is 0 Å². The number of piperidine rings is 1. The van der Waals surface area contributed by atoms with Crippen LogP contribution in [-0.2, 0) is 12.8 Å². The largest absolute Gasteiger partial charge is 0.356 e. The molecule has 3 heterocycles. The molecule has 132 valence electrons. The van der Waals surface area contributed by atoms with Crippen molar-refractivity contribution in [2.75, 3.05) is 18.0 Å². The summed E-state index contributed by atoms with van der Waals surface area (Å²) in [6.45, 7) is 5.89. The Morgan fingerprint density at radius 2 is 1.84 bits per heavy atom. The summed E-state index contributed by atoms with van der Waals surface area (Å²) >= 11 is 0. The number of anilines is 1. The van der Waals surface area contributed by atoms with Crippen LogP contribution in [0.4, 0.5) is 5.82 Å². The SMILES string of the molecule is Cc1ncnc(N2CCC(n3nc4c(cc3=O)CCCC4)CC2)c1C. The number of hydrogen-bond acceptors (Lipinski definition) is 5. The van der Waals surface area contributed by atoms with Gasteiger partial charge in [-0.3, -0.25) is 4.79 Å². The molecule has 0 amide bonds. The first-order valence-electron chi connectivity index (χ1n) is 9.28. The van der Waals surface area contributed by atoms with Crippen LogP contribution in [-0.4, -0.2) is 32.8 Å². The van der Waals surface area contributed by atoms with Crippen LogP contribution in [0.3, 0.4) is 0 Å². The predicted octanol–water partition coefficient (Wildman–Crippen LogP) is 2.37. The highest BCUT2D eigenvalue weighted by Gasteiger charge is 2.25. The van der Waals surface area contributed by atoms with Gasteiger partial charge in [0.2, 0.25) is 0 Å². The molecule has 25 heavy (non-hydrogen) atoms. The van der Waals surface area contributed by atoms with Crippen molar-refractivity contribution < 1.29 is 0 Å². The second-order valence-corrected chi connectivity index (χ2v) is 7.23. The minimum atomic E-state index is 0.0631. The maximum absolute atomic E-state index is 12.5. The number of fused-ring (bicyclic) bond motifs is 1. The smallest absolute Gasteiger partial charge is 0.267 e. The van der Waals surface area contributed by atoms with Gasteiger partial charge in [0.1, 0.15) is 12.1 Å². The van der Waals surface area contributed by atoms with Crippen molar-refractivity contribution in [1.82, 2.24) is 19.7 Å². The fourth-order valence-electron chi connectivity index (χ4n) is 4.01. The van der Waals surface area contributed by atoms with E-state index in [-0.39, 0.29) is 11.6 Å². The van der Waals surface area contributed by atoms with Gasteiger partial charge in [0.15, 0.2) is 0 Å². The van der Waals surface area contributed by atoms with Gasteiger partial charge in [-0.1, -0.05) is 0 Å². The Bertz CT molecular complexity index is 836. The molecule has 0 unspecified atom stereocenters. The highest BCUT2D eigenvalue weighted by Crippen LogP contribution is 2.27. The van der Waals surface area contributed by atoms with E-state index in [1.54, 1.807) is 11.0 Å².